The number of carbonyl (C=O) groups excluding carboxylic acids is 3. The van der Waals surface area contributed by atoms with Crippen LogP contribution in [0.4, 0.5) is 5.69 Å². The molecule has 2 aromatic rings. The van der Waals surface area contributed by atoms with Gasteiger partial charge in [0.15, 0.2) is 6.61 Å². The minimum atomic E-state index is -0.552. The number of halogens is 1. The van der Waals surface area contributed by atoms with Crippen LogP contribution in [0.15, 0.2) is 48.5 Å². The molecular formula is C20H21ClN2O4. The van der Waals surface area contributed by atoms with Gasteiger partial charge in [-0.05, 0) is 47.9 Å². The van der Waals surface area contributed by atoms with Gasteiger partial charge in [-0.2, -0.15) is 0 Å². The lowest BCUT2D eigenvalue weighted by Crippen LogP contribution is -2.26. The standard InChI is InChI=1S/C20H21ClN2O4/c1-12(2)18(13-3-7-15(21)8-4-13)20(26)27-11-17(24)23-16-9-5-14(6-10-16)19(22)25/h3-10,12,18H,11H2,1-2H3,(H2,22,25)(H,23,24)/t18-/m1/s1. The van der Waals surface area contributed by atoms with Crippen LogP contribution >= 0.6 is 11.6 Å². The van der Waals surface area contributed by atoms with E-state index in [2.05, 4.69) is 5.32 Å². The summed E-state index contributed by atoms with van der Waals surface area (Å²) in [6.45, 7) is 3.40. The van der Waals surface area contributed by atoms with Gasteiger partial charge in [0.25, 0.3) is 5.91 Å². The maximum Gasteiger partial charge on any atom is 0.314 e. The van der Waals surface area contributed by atoms with E-state index in [1.165, 1.54) is 12.1 Å². The second kappa shape index (κ2) is 9.19. The Morgan fingerprint density at radius 1 is 1.04 bits per heavy atom. The van der Waals surface area contributed by atoms with E-state index in [1.807, 2.05) is 13.8 Å². The smallest absolute Gasteiger partial charge is 0.314 e. The zero-order valence-electron chi connectivity index (χ0n) is 15.1. The van der Waals surface area contributed by atoms with Crippen LogP contribution in [0, 0.1) is 5.92 Å². The number of benzene rings is 2. The highest BCUT2D eigenvalue weighted by Gasteiger charge is 2.26. The Morgan fingerprint density at radius 2 is 1.63 bits per heavy atom. The van der Waals surface area contributed by atoms with Gasteiger partial charge in [0.1, 0.15) is 0 Å². The minimum Gasteiger partial charge on any atom is -0.455 e. The first kappa shape index (κ1) is 20.5. The second-order valence-electron chi connectivity index (χ2n) is 6.37. The van der Waals surface area contributed by atoms with Crippen LogP contribution in [0.1, 0.15) is 35.7 Å². The van der Waals surface area contributed by atoms with Crippen molar-refractivity contribution in [1.82, 2.24) is 0 Å². The first-order chi connectivity index (χ1) is 12.8. The van der Waals surface area contributed by atoms with Crippen LogP contribution in [0.3, 0.4) is 0 Å². The van der Waals surface area contributed by atoms with Gasteiger partial charge in [0.05, 0.1) is 5.92 Å². The number of carbonyl (C=O) groups is 3. The molecule has 1 atom stereocenters. The number of amides is 2. The molecule has 7 heteroatoms. The summed E-state index contributed by atoms with van der Waals surface area (Å²) < 4.78 is 5.19. The molecule has 0 radical (unpaired) electrons. The van der Waals surface area contributed by atoms with E-state index >= 15 is 0 Å². The van der Waals surface area contributed by atoms with Crippen molar-refractivity contribution in [2.75, 3.05) is 11.9 Å². The van der Waals surface area contributed by atoms with Crippen molar-refractivity contribution in [2.45, 2.75) is 19.8 Å². The fourth-order valence-corrected chi connectivity index (χ4v) is 2.73. The molecule has 0 aromatic heterocycles. The molecule has 27 heavy (non-hydrogen) atoms. The average Bonchev–Trinajstić information content (AvgIpc) is 2.62. The number of nitrogens with two attached hydrogens (primary N) is 1. The van der Waals surface area contributed by atoms with Gasteiger partial charge < -0.3 is 15.8 Å². The molecule has 0 saturated carbocycles. The summed E-state index contributed by atoms with van der Waals surface area (Å²) in [7, 11) is 0. The second-order valence-corrected chi connectivity index (χ2v) is 6.81. The van der Waals surface area contributed by atoms with E-state index in [-0.39, 0.29) is 5.92 Å². The molecule has 0 spiro atoms. The molecule has 3 N–H and O–H groups in total. The van der Waals surface area contributed by atoms with Gasteiger partial charge in [-0.1, -0.05) is 37.6 Å². The zero-order chi connectivity index (χ0) is 20.0. The van der Waals surface area contributed by atoms with Crippen molar-refractivity contribution in [2.24, 2.45) is 11.7 Å². The maximum absolute atomic E-state index is 12.5. The molecule has 0 aliphatic carbocycles. The largest absolute Gasteiger partial charge is 0.455 e. The number of nitrogens with one attached hydrogen (secondary N) is 1. The maximum atomic E-state index is 12.5. The average molecular weight is 389 g/mol. The van der Waals surface area contributed by atoms with Gasteiger partial charge in [-0.3, -0.25) is 14.4 Å². The third-order valence-corrected chi connectivity index (χ3v) is 4.20. The molecule has 0 aliphatic rings. The SMILES string of the molecule is CC(C)[C@@H](C(=O)OCC(=O)Nc1ccc(C(N)=O)cc1)c1ccc(Cl)cc1. The molecule has 142 valence electrons. The Labute approximate surface area is 162 Å². The normalized spacial score (nSPS) is 11.7. The summed E-state index contributed by atoms with van der Waals surface area (Å²) in [4.78, 5) is 35.5. The summed E-state index contributed by atoms with van der Waals surface area (Å²) >= 11 is 5.89. The monoisotopic (exact) mass is 388 g/mol. The highest BCUT2D eigenvalue weighted by molar-refractivity contribution is 6.30. The van der Waals surface area contributed by atoms with Crippen LogP contribution in [-0.4, -0.2) is 24.4 Å². The highest BCUT2D eigenvalue weighted by atomic mass is 35.5. The van der Waals surface area contributed by atoms with Crippen LogP contribution in [0.5, 0.6) is 0 Å². The molecule has 2 amide bonds. The number of ether oxygens (including phenoxy) is 1. The Balaban J connectivity index is 1.95. The molecule has 0 heterocycles. The molecule has 0 fully saturated rings. The fraction of sp³-hybridized carbons (Fsp3) is 0.250. The van der Waals surface area contributed by atoms with E-state index in [4.69, 9.17) is 22.1 Å². The number of hydrogen-bond acceptors (Lipinski definition) is 4. The number of anilines is 1. The van der Waals surface area contributed by atoms with E-state index in [9.17, 15) is 14.4 Å². The fourth-order valence-electron chi connectivity index (χ4n) is 2.60. The number of esters is 1. The van der Waals surface area contributed by atoms with Crippen LogP contribution < -0.4 is 11.1 Å². The van der Waals surface area contributed by atoms with E-state index in [1.54, 1.807) is 36.4 Å². The van der Waals surface area contributed by atoms with Crippen molar-refractivity contribution < 1.29 is 19.1 Å². The van der Waals surface area contributed by atoms with Crippen molar-refractivity contribution in [3.8, 4) is 0 Å². The van der Waals surface area contributed by atoms with Gasteiger partial charge >= 0.3 is 5.97 Å². The van der Waals surface area contributed by atoms with Gasteiger partial charge in [-0.15, -0.1) is 0 Å². The first-order valence-corrected chi connectivity index (χ1v) is 8.77. The molecule has 6 nitrogen and oxygen atoms in total. The van der Waals surface area contributed by atoms with Crippen molar-refractivity contribution >= 4 is 35.1 Å². The molecule has 0 saturated heterocycles. The Kier molecular flexibility index (Phi) is 6.96. The van der Waals surface area contributed by atoms with Gasteiger partial charge in [0, 0.05) is 16.3 Å². The molecule has 0 aliphatic heterocycles. The molecule has 2 rings (SSSR count). The molecule has 2 aromatic carbocycles. The summed E-state index contributed by atoms with van der Waals surface area (Å²) in [6.07, 6.45) is 0. The molecule has 0 unspecified atom stereocenters. The summed E-state index contributed by atoms with van der Waals surface area (Å²) in [5, 5.41) is 3.17. The quantitative estimate of drug-likeness (QED) is 0.710. The van der Waals surface area contributed by atoms with E-state index in [0.29, 0.717) is 16.3 Å². The Morgan fingerprint density at radius 3 is 2.15 bits per heavy atom. The molecule has 0 bridgehead atoms. The molecular weight excluding hydrogens is 368 g/mol. The zero-order valence-corrected chi connectivity index (χ0v) is 15.8. The number of hydrogen-bond donors (Lipinski definition) is 2. The number of rotatable bonds is 7. The summed E-state index contributed by atoms with van der Waals surface area (Å²) in [5.41, 5.74) is 6.75. The lowest BCUT2D eigenvalue weighted by molar-refractivity contribution is -0.149. The third kappa shape index (κ3) is 5.82. The van der Waals surface area contributed by atoms with E-state index in [0.717, 1.165) is 5.56 Å². The Hall–Kier alpha value is -2.86. The van der Waals surface area contributed by atoms with Crippen molar-refractivity contribution in [1.29, 1.82) is 0 Å². The predicted molar refractivity (Wildman–Crippen MR) is 104 cm³/mol. The van der Waals surface area contributed by atoms with Crippen LogP contribution in [-0.2, 0) is 14.3 Å². The Bertz CT molecular complexity index is 817. The number of primary amides is 1. The summed E-state index contributed by atoms with van der Waals surface area (Å²) in [5.74, 6) is -2.02. The minimum absolute atomic E-state index is 0.0110. The predicted octanol–water partition coefficient (Wildman–Crippen LogP) is 3.36. The summed E-state index contributed by atoms with van der Waals surface area (Å²) in [6, 6.07) is 13.1. The topological polar surface area (TPSA) is 98.5 Å². The van der Waals surface area contributed by atoms with Gasteiger partial charge in [-0.25, -0.2) is 0 Å². The van der Waals surface area contributed by atoms with Crippen LogP contribution in [0.2, 0.25) is 5.02 Å². The van der Waals surface area contributed by atoms with Crippen molar-refractivity contribution in [3.05, 3.63) is 64.7 Å². The highest BCUT2D eigenvalue weighted by Crippen LogP contribution is 2.27. The van der Waals surface area contributed by atoms with Crippen LogP contribution in [0.25, 0.3) is 0 Å². The van der Waals surface area contributed by atoms with E-state index < -0.39 is 30.3 Å². The van der Waals surface area contributed by atoms with Crippen molar-refractivity contribution in [3.63, 3.8) is 0 Å². The lowest BCUT2D eigenvalue weighted by Gasteiger charge is -2.20. The van der Waals surface area contributed by atoms with Gasteiger partial charge in [0.2, 0.25) is 5.91 Å². The third-order valence-electron chi connectivity index (χ3n) is 3.95. The lowest BCUT2D eigenvalue weighted by atomic mass is 9.88. The first-order valence-electron chi connectivity index (χ1n) is 8.39.